The summed E-state index contributed by atoms with van der Waals surface area (Å²) in [5.41, 5.74) is 4.19. The maximum absolute atomic E-state index is 15.0. The summed E-state index contributed by atoms with van der Waals surface area (Å²) in [7, 11) is 4.36. The highest BCUT2D eigenvalue weighted by Gasteiger charge is 2.35. The Morgan fingerprint density at radius 1 is 1.27 bits per heavy atom. The number of aryl methyl sites for hydroxylation is 1. The van der Waals surface area contributed by atoms with Crippen molar-refractivity contribution in [2.75, 3.05) is 26.0 Å². The van der Waals surface area contributed by atoms with Gasteiger partial charge in [0.25, 0.3) is 5.91 Å². The molecule has 0 aliphatic carbocycles. The minimum atomic E-state index is -1.50. The molecule has 4 rings (SSSR count). The van der Waals surface area contributed by atoms with Gasteiger partial charge in [0.1, 0.15) is 34.2 Å². The molecule has 0 radical (unpaired) electrons. The van der Waals surface area contributed by atoms with E-state index in [-0.39, 0.29) is 35.0 Å². The zero-order valence-corrected chi connectivity index (χ0v) is 20.1. The summed E-state index contributed by atoms with van der Waals surface area (Å²) in [6, 6.07) is -0.475. The Kier molecular flexibility index (Phi) is 6.67. The van der Waals surface area contributed by atoms with Crippen LogP contribution in [0.5, 0.6) is 0 Å². The summed E-state index contributed by atoms with van der Waals surface area (Å²) >= 11 is 0. The van der Waals surface area contributed by atoms with Crippen LogP contribution in [-0.4, -0.2) is 56.7 Å². The number of primary amides is 1. The molecule has 37 heavy (non-hydrogen) atoms. The van der Waals surface area contributed by atoms with E-state index < -0.39 is 40.5 Å². The average Bonchev–Trinajstić information content (AvgIpc) is 3.57. The largest absolute Gasteiger partial charge is 0.503 e. The molecule has 0 saturated carbocycles. The quantitative estimate of drug-likeness (QED) is 0.234. The van der Waals surface area contributed by atoms with Crippen molar-refractivity contribution in [2.24, 2.45) is 12.8 Å². The van der Waals surface area contributed by atoms with Crippen molar-refractivity contribution in [3.63, 3.8) is 0 Å². The second-order valence-electron chi connectivity index (χ2n) is 8.11. The molecule has 3 heterocycles. The van der Waals surface area contributed by atoms with E-state index in [1.54, 1.807) is 0 Å². The molecule has 1 aliphatic rings. The predicted molar refractivity (Wildman–Crippen MR) is 128 cm³/mol. The van der Waals surface area contributed by atoms with Crippen LogP contribution in [0, 0.1) is 29.3 Å². The fraction of sp³-hybridized carbons (Fsp3) is 0.250. The first-order valence-corrected chi connectivity index (χ1v) is 10.9. The number of rotatable bonds is 5. The van der Waals surface area contributed by atoms with Crippen LogP contribution in [-0.2, 0) is 16.6 Å². The lowest BCUT2D eigenvalue weighted by molar-refractivity contribution is -0.123. The van der Waals surface area contributed by atoms with E-state index in [0.717, 1.165) is 17.0 Å². The van der Waals surface area contributed by atoms with Gasteiger partial charge >= 0.3 is 0 Å². The Bertz CT molecular complexity index is 1540. The van der Waals surface area contributed by atoms with E-state index in [0.29, 0.717) is 12.1 Å². The van der Waals surface area contributed by atoms with Crippen LogP contribution >= 0.6 is 0 Å². The monoisotopic (exact) mass is 513 g/mol. The van der Waals surface area contributed by atoms with Crippen LogP contribution in [0.4, 0.5) is 19.0 Å². The number of carbonyl (C=O) groups excluding carboxylic acids is 2. The number of imidazole rings is 1. The van der Waals surface area contributed by atoms with Crippen molar-refractivity contribution < 1.29 is 27.5 Å². The Balaban J connectivity index is 1.84. The first-order valence-electron chi connectivity index (χ1n) is 10.9. The maximum Gasteiger partial charge on any atom is 0.255 e. The minimum Gasteiger partial charge on any atom is -0.503 e. The third-order valence-electron chi connectivity index (χ3n) is 5.91. The van der Waals surface area contributed by atoms with Gasteiger partial charge in [0, 0.05) is 27.1 Å². The van der Waals surface area contributed by atoms with Crippen molar-refractivity contribution >= 4 is 28.7 Å². The van der Waals surface area contributed by atoms with Crippen LogP contribution in [0.25, 0.3) is 11.0 Å². The topological polar surface area (TPSA) is 120 Å². The van der Waals surface area contributed by atoms with Gasteiger partial charge in [-0.2, -0.15) is 5.10 Å². The molecule has 1 aliphatic heterocycles. The highest BCUT2D eigenvalue weighted by Crippen LogP contribution is 2.34. The van der Waals surface area contributed by atoms with E-state index in [9.17, 15) is 22.8 Å². The van der Waals surface area contributed by atoms with Crippen LogP contribution in [0.1, 0.15) is 34.1 Å². The molecule has 1 fully saturated rings. The Labute approximate surface area is 209 Å². The third kappa shape index (κ3) is 4.16. The second kappa shape index (κ2) is 9.73. The summed E-state index contributed by atoms with van der Waals surface area (Å²) in [6.07, 6.45) is 4.00. The SMILES string of the molecule is C=CC(=O)N1C[C@@H](n2nc(C#Cc3c(F)c(F)c4c(ncn4C)c3F)c(C(N)=O)c2NC)C/C1=C\OC. The van der Waals surface area contributed by atoms with Gasteiger partial charge in [-0.25, -0.2) is 22.8 Å². The number of ether oxygens (including phenoxy) is 1. The first-order chi connectivity index (χ1) is 17.6. The molecule has 0 spiro atoms. The molecule has 3 N–H and O–H groups in total. The molecule has 0 bridgehead atoms. The lowest BCUT2D eigenvalue weighted by atomic mass is 10.1. The second-order valence-corrected chi connectivity index (χ2v) is 8.11. The van der Waals surface area contributed by atoms with E-state index in [4.69, 9.17) is 10.5 Å². The molecule has 3 aromatic rings. The van der Waals surface area contributed by atoms with Crippen molar-refractivity contribution in [3.8, 4) is 11.8 Å². The molecule has 2 amide bonds. The molecule has 0 unspecified atom stereocenters. The highest BCUT2D eigenvalue weighted by atomic mass is 19.2. The molecule has 10 nitrogen and oxygen atoms in total. The number of hydrogen-bond donors (Lipinski definition) is 2. The van der Waals surface area contributed by atoms with Gasteiger partial charge in [-0.05, 0) is 12.0 Å². The fourth-order valence-electron chi connectivity index (χ4n) is 4.27. The number of fused-ring (bicyclic) bond motifs is 1. The molecule has 1 saturated heterocycles. The Morgan fingerprint density at radius 3 is 2.62 bits per heavy atom. The number of benzene rings is 1. The van der Waals surface area contributed by atoms with Crippen molar-refractivity contribution in [2.45, 2.75) is 12.5 Å². The number of nitrogens with zero attached hydrogens (tertiary/aromatic N) is 5. The van der Waals surface area contributed by atoms with Crippen LogP contribution in [0.3, 0.4) is 0 Å². The molecule has 1 atom stereocenters. The van der Waals surface area contributed by atoms with Gasteiger partial charge in [0.2, 0.25) is 5.91 Å². The van der Waals surface area contributed by atoms with Crippen molar-refractivity contribution in [1.29, 1.82) is 0 Å². The number of halogens is 3. The van der Waals surface area contributed by atoms with E-state index >= 15 is 0 Å². The van der Waals surface area contributed by atoms with Gasteiger partial charge in [-0.3, -0.25) is 9.59 Å². The minimum absolute atomic E-state index is 0.138. The van der Waals surface area contributed by atoms with E-state index in [2.05, 4.69) is 33.8 Å². The van der Waals surface area contributed by atoms with E-state index in [1.165, 1.54) is 37.0 Å². The van der Waals surface area contributed by atoms with Crippen LogP contribution in [0.15, 0.2) is 30.9 Å². The number of nitrogens with two attached hydrogens (primary N) is 1. The summed E-state index contributed by atoms with van der Waals surface area (Å²) < 4.78 is 51.9. The molecule has 1 aromatic carbocycles. The zero-order chi connectivity index (χ0) is 27.0. The predicted octanol–water partition coefficient (Wildman–Crippen LogP) is 2.17. The number of amides is 2. The third-order valence-corrected chi connectivity index (χ3v) is 5.91. The van der Waals surface area contributed by atoms with Crippen LogP contribution < -0.4 is 11.1 Å². The Hall–Kier alpha value is -4.73. The average molecular weight is 513 g/mol. The van der Waals surface area contributed by atoms with Gasteiger partial charge in [0.15, 0.2) is 23.1 Å². The number of allylic oxidation sites excluding steroid dienone is 1. The molecular formula is C24H22F3N7O3. The van der Waals surface area contributed by atoms with Gasteiger partial charge in [0.05, 0.1) is 25.2 Å². The molecular weight excluding hydrogens is 491 g/mol. The standard InChI is InChI=1S/C24H22F3N7O3/c1-5-16(35)33-9-12(8-13(33)10-37-4)34-24(29-2)17(23(28)36)15(31-34)7-6-14-18(25)20(27)22-21(19(14)26)30-11-32(22)3/h5,10-12,29H,1,8-9H2,2-4H3,(H2,28,36)/b13-10+/t12-/m0/s1. The summed E-state index contributed by atoms with van der Waals surface area (Å²) in [6.45, 7) is 3.66. The maximum atomic E-state index is 15.0. The highest BCUT2D eigenvalue weighted by molar-refractivity contribution is 6.00. The number of hydrogen-bond acceptors (Lipinski definition) is 6. The summed E-state index contributed by atoms with van der Waals surface area (Å²) in [5, 5.41) is 7.19. The summed E-state index contributed by atoms with van der Waals surface area (Å²) in [4.78, 5) is 29.8. The number of carbonyl (C=O) groups is 2. The van der Waals surface area contributed by atoms with Crippen molar-refractivity contribution in [3.05, 3.63) is 65.2 Å². The van der Waals surface area contributed by atoms with Gasteiger partial charge in [-0.15, -0.1) is 0 Å². The number of likely N-dealkylation sites (tertiary alicyclic amines) is 1. The fourth-order valence-corrected chi connectivity index (χ4v) is 4.27. The van der Waals surface area contributed by atoms with Crippen molar-refractivity contribution in [1.82, 2.24) is 24.2 Å². The number of anilines is 1. The Morgan fingerprint density at radius 2 is 2.00 bits per heavy atom. The van der Waals surface area contributed by atoms with Gasteiger partial charge < -0.3 is 25.3 Å². The smallest absolute Gasteiger partial charge is 0.255 e. The van der Waals surface area contributed by atoms with Gasteiger partial charge in [-0.1, -0.05) is 12.5 Å². The number of nitrogens with one attached hydrogen (secondary N) is 1. The van der Waals surface area contributed by atoms with Crippen LogP contribution in [0.2, 0.25) is 0 Å². The molecule has 13 heteroatoms. The normalized spacial score (nSPS) is 16.1. The first kappa shape index (κ1) is 25.4. The zero-order valence-electron chi connectivity index (χ0n) is 20.1. The molecule has 2 aromatic heterocycles. The summed E-state index contributed by atoms with van der Waals surface area (Å²) in [5.74, 6) is -0.360. The number of methoxy groups -OCH3 is 1. The lowest BCUT2D eigenvalue weighted by Crippen LogP contribution is -2.27. The lowest BCUT2D eigenvalue weighted by Gasteiger charge is -2.16. The number of aromatic nitrogens is 4. The van der Waals surface area contributed by atoms with E-state index in [1.807, 2.05) is 0 Å². The molecule has 192 valence electrons.